The zero-order valence-electron chi connectivity index (χ0n) is 13.7. The van der Waals surface area contributed by atoms with E-state index in [4.69, 9.17) is 4.74 Å². The van der Waals surface area contributed by atoms with Crippen LogP contribution in [0.3, 0.4) is 0 Å². The summed E-state index contributed by atoms with van der Waals surface area (Å²) in [5, 5.41) is 3.28. The first-order chi connectivity index (χ1) is 11.7. The topological polar surface area (TPSA) is 41.6 Å². The molecule has 24 heavy (non-hydrogen) atoms. The summed E-state index contributed by atoms with van der Waals surface area (Å²) in [6.45, 7) is 4.45. The standard InChI is InChI=1S/C19H21FN2O2/c1-2-24-17-8-6-14(7-9-17)19(23)22-11-10-21-13-18(22)15-4-3-5-16(20)12-15/h3-9,12,18,21H,2,10-11,13H2,1H3. The molecule has 0 aliphatic carbocycles. The van der Waals surface area contributed by atoms with Gasteiger partial charge in [-0.15, -0.1) is 0 Å². The van der Waals surface area contributed by atoms with E-state index in [9.17, 15) is 9.18 Å². The summed E-state index contributed by atoms with van der Waals surface area (Å²) >= 11 is 0. The number of hydrogen-bond donors (Lipinski definition) is 1. The molecule has 1 N–H and O–H groups in total. The van der Waals surface area contributed by atoms with E-state index < -0.39 is 0 Å². The Morgan fingerprint density at radius 3 is 2.79 bits per heavy atom. The minimum Gasteiger partial charge on any atom is -0.494 e. The summed E-state index contributed by atoms with van der Waals surface area (Å²) in [6.07, 6.45) is 0. The van der Waals surface area contributed by atoms with E-state index in [-0.39, 0.29) is 17.8 Å². The first-order valence-electron chi connectivity index (χ1n) is 8.19. The second-order valence-electron chi connectivity index (χ2n) is 5.73. The Kier molecular flexibility index (Phi) is 5.11. The van der Waals surface area contributed by atoms with E-state index in [1.807, 2.05) is 13.0 Å². The number of carbonyl (C=O) groups is 1. The largest absolute Gasteiger partial charge is 0.494 e. The maximum Gasteiger partial charge on any atom is 0.254 e. The fraction of sp³-hybridized carbons (Fsp3) is 0.316. The van der Waals surface area contributed by atoms with Crippen LogP contribution < -0.4 is 10.1 Å². The zero-order valence-corrected chi connectivity index (χ0v) is 13.7. The highest BCUT2D eigenvalue weighted by molar-refractivity contribution is 5.94. The third-order valence-corrected chi connectivity index (χ3v) is 4.15. The lowest BCUT2D eigenvalue weighted by Gasteiger charge is -2.36. The first kappa shape index (κ1) is 16.5. The number of carbonyl (C=O) groups excluding carboxylic acids is 1. The van der Waals surface area contributed by atoms with Crippen molar-refractivity contribution in [1.82, 2.24) is 10.2 Å². The van der Waals surface area contributed by atoms with Crippen LogP contribution in [0.1, 0.15) is 28.9 Å². The number of ether oxygens (including phenoxy) is 1. The van der Waals surface area contributed by atoms with Crippen LogP contribution in [0.15, 0.2) is 48.5 Å². The highest BCUT2D eigenvalue weighted by atomic mass is 19.1. The summed E-state index contributed by atoms with van der Waals surface area (Å²) < 4.78 is 19.0. The van der Waals surface area contributed by atoms with Crippen molar-refractivity contribution in [2.24, 2.45) is 0 Å². The molecule has 0 radical (unpaired) electrons. The predicted octanol–water partition coefficient (Wildman–Crippen LogP) is 3.01. The summed E-state index contributed by atoms with van der Waals surface area (Å²) in [7, 11) is 0. The van der Waals surface area contributed by atoms with E-state index in [1.54, 1.807) is 35.2 Å². The summed E-state index contributed by atoms with van der Waals surface area (Å²) in [4.78, 5) is 14.7. The van der Waals surface area contributed by atoms with Gasteiger partial charge in [0.15, 0.2) is 0 Å². The first-order valence-corrected chi connectivity index (χ1v) is 8.19. The molecule has 3 rings (SSSR count). The van der Waals surface area contributed by atoms with Crippen LogP contribution >= 0.6 is 0 Å². The SMILES string of the molecule is CCOc1ccc(C(=O)N2CCNCC2c2cccc(F)c2)cc1. The molecule has 1 unspecified atom stereocenters. The van der Waals surface area contributed by atoms with Crippen LogP contribution in [0.25, 0.3) is 0 Å². The normalized spacial score (nSPS) is 17.6. The number of nitrogens with zero attached hydrogens (tertiary/aromatic N) is 1. The van der Waals surface area contributed by atoms with Gasteiger partial charge in [0.2, 0.25) is 0 Å². The molecular formula is C19H21FN2O2. The second-order valence-corrected chi connectivity index (χ2v) is 5.73. The fourth-order valence-corrected chi connectivity index (χ4v) is 2.99. The molecule has 4 nitrogen and oxygen atoms in total. The summed E-state index contributed by atoms with van der Waals surface area (Å²) in [6, 6.07) is 13.4. The molecule has 2 aromatic rings. The van der Waals surface area contributed by atoms with Crippen LogP contribution in [-0.2, 0) is 0 Å². The number of halogens is 1. The minimum absolute atomic E-state index is 0.0474. The maximum absolute atomic E-state index is 13.6. The average molecular weight is 328 g/mol. The van der Waals surface area contributed by atoms with Crippen molar-refractivity contribution in [3.8, 4) is 5.75 Å². The molecule has 1 fully saturated rings. The van der Waals surface area contributed by atoms with Gasteiger partial charge in [-0.25, -0.2) is 4.39 Å². The smallest absolute Gasteiger partial charge is 0.254 e. The minimum atomic E-state index is -0.286. The lowest BCUT2D eigenvalue weighted by atomic mass is 10.0. The van der Waals surface area contributed by atoms with Gasteiger partial charge in [0.05, 0.1) is 12.6 Å². The molecule has 126 valence electrons. The van der Waals surface area contributed by atoms with E-state index in [1.165, 1.54) is 12.1 Å². The molecule has 1 aliphatic rings. The zero-order chi connectivity index (χ0) is 16.9. The van der Waals surface area contributed by atoms with Crippen LogP contribution in [0.4, 0.5) is 4.39 Å². The molecule has 0 spiro atoms. The van der Waals surface area contributed by atoms with Gasteiger partial charge in [-0.2, -0.15) is 0 Å². The predicted molar refractivity (Wildman–Crippen MR) is 90.7 cm³/mol. The summed E-state index contributed by atoms with van der Waals surface area (Å²) in [5.74, 6) is 0.413. The molecule has 0 saturated carbocycles. The van der Waals surface area contributed by atoms with E-state index in [0.717, 1.165) is 17.9 Å². The lowest BCUT2D eigenvalue weighted by molar-refractivity contribution is 0.0634. The third kappa shape index (κ3) is 3.57. The highest BCUT2D eigenvalue weighted by Crippen LogP contribution is 2.25. The Labute approximate surface area is 141 Å². The second kappa shape index (κ2) is 7.45. The molecule has 1 aliphatic heterocycles. The van der Waals surface area contributed by atoms with Crippen molar-refractivity contribution in [1.29, 1.82) is 0 Å². The van der Waals surface area contributed by atoms with Crippen molar-refractivity contribution in [3.63, 3.8) is 0 Å². The van der Waals surface area contributed by atoms with Crippen molar-refractivity contribution < 1.29 is 13.9 Å². The number of benzene rings is 2. The quantitative estimate of drug-likeness (QED) is 0.938. The average Bonchev–Trinajstić information content (AvgIpc) is 2.62. The molecule has 0 bridgehead atoms. The van der Waals surface area contributed by atoms with Gasteiger partial charge >= 0.3 is 0 Å². The monoisotopic (exact) mass is 328 g/mol. The molecular weight excluding hydrogens is 307 g/mol. The van der Waals surface area contributed by atoms with Crippen LogP contribution in [-0.4, -0.2) is 37.0 Å². The Morgan fingerprint density at radius 2 is 2.08 bits per heavy atom. The molecule has 0 aromatic heterocycles. The van der Waals surface area contributed by atoms with Gasteiger partial charge in [0.25, 0.3) is 5.91 Å². The van der Waals surface area contributed by atoms with Crippen LogP contribution in [0.5, 0.6) is 5.75 Å². The van der Waals surface area contributed by atoms with Crippen molar-refractivity contribution in [2.45, 2.75) is 13.0 Å². The van der Waals surface area contributed by atoms with E-state index >= 15 is 0 Å². The Bertz CT molecular complexity index is 703. The van der Waals surface area contributed by atoms with Crippen molar-refractivity contribution >= 4 is 5.91 Å². The number of nitrogens with one attached hydrogen (secondary N) is 1. The van der Waals surface area contributed by atoms with Gasteiger partial charge in [0, 0.05) is 25.2 Å². The molecule has 1 atom stereocenters. The number of piperazine rings is 1. The molecule has 5 heteroatoms. The Balaban J connectivity index is 1.83. The highest BCUT2D eigenvalue weighted by Gasteiger charge is 2.28. The summed E-state index contributed by atoms with van der Waals surface area (Å²) in [5.41, 5.74) is 1.42. The van der Waals surface area contributed by atoms with Crippen LogP contribution in [0, 0.1) is 5.82 Å². The third-order valence-electron chi connectivity index (χ3n) is 4.15. The van der Waals surface area contributed by atoms with Crippen molar-refractivity contribution in [3.05, 3.63) is 65.5 Å². The van der Waals surface area contributed by atoms with Crippen LogP contribution in [0.2, 0.25) is 0 Å². The van der Waals surface area contributed by atoms with E-state index in [2.05, 4.69) is 5.32 Å². The van der Waals surface area contributed by atoms with Gasteiger partial charge in [-0.1, -0.05) is 12.1 Å². The molecule has 2 aromatic carbocycles. The number of rotatable bonds is 4. The Morgan fingerprint density at radius 1 is 1.29 bits per heavy atom. The molecule has 1 heterocycles. The number of hydrogen-bond acceptors (Lipinski definition) is 3. The van der Waals surface area contributed by atoms with Crippen molar-refractivity contribution in [2.75, 3.05) is 26.2 Å². The van der Waals surface area contributed by atoms with Gasteiger partial charge in [0.1, 0.15) is 11.6 Å². The number of amides is 1. The lowest BCUT2D eigenvalue weighted by Crippen LogP contribution is -2.48. The fourth-order valence-electron chi connectivity index (χ4n) is 2.99. The van der Waals surface area contributed by atoms with Gasteiger partial charge in [-0.05, 0) is 48.9 Å². The maximum atomic E-state index is 13.6. The van der Waals surface area contributed by atoms with Gasteiger partial charge in [-0.3, -0.25) is 4.79 Å². The van der Waals surface area contributed by atoms with E-state index in [0.29, 0.717) is 25.3 Å². The Hall–Kier alpha value is -2.40. The molecule has 1 saturated heterocycles. The van der Waals surface area contributed by atoms with Gasteiger partial charge < -0.3 is 15.0 Å². The molecule has 1 amide bonds.